The zero-order valence-electron chi connectivity index (χ0n) is 17.2. The van der Waals surface area contributed by atoms with Crippen LogP contribution < -0.4 is 5.48 Å². The molecule has 0 saturated heterocycles. The van der Waals surface area contributed by atoms with Gasteiger partial charge in [-0.1, -0.05) is 96.8 Å². The van der Waals surface area contributed by atoms with Gasteiger partial charge in [-0.25, -0.2) is 9.59 Å². The third-order valence-electron chi connectivity index (χ3n) is 4.51. The van der Waals surface area contributed by atoms with Crippen molar-refractivity contribution in [3.63, 3.8) is 0 Å². The molecule has 0 atom stereocenters. The third kappa shape index (κ3) is 24.0. The molecular weight excluding hydrogens is 370 g/mol. The van der Waals surface area contributed by atoms with Gasteiger partial charge < -0.3 is 9.57 Å². The fraction of sp³-hybridized carbons (Fsp3) is 0.905. The third-order valence-corrected chi connectivity index (χ3v) is 4.51. The average Bonchev–Trinajstić information content (AvgIpc) is 2.63. The molecule has 0 radical (unpaired) electrons. The Hall–Kier alpha value is -0.000260. The summed E-state index contributed by atoms with van der Waals surface area (Å²) in [5.41, 5.74) is 1.97. The molecule has 0 fully saturated rings. The Morgan fingerprint density at radius 2 is 1.07 bits per heavy atom. The summed E-state index contributed by atoms with van der Waals surface area (Å²) in [5.74, 6) is -0.409. The van der Waals surface area contributed by atoms with E-state index in [1.807, 2.05) is 5.48 Å². The van der Waals surface area contributed by atoms with E-state index in [4.69, 9.17) is 0 Å². The Kier molecular flexibility index (Phi) is 26.0. The summed E-state index contributed by atoms with van der Waals surface area (Å²) in [6.07, 6.45) is 19.0. The summed E-state index contributed by atoms with van der Waals surface area (Å²) < 4.78 is 4.60. The predicted molar refractivity (Wildman–Crippen MR) is 114 cm³/mol. The van der Waals surface area contributed by atoms with Crippen molar-refractivity contribution >= 4 is 49.8 Å². The number of ether oxygens (including phenoxy) is 1. The van der Waals surface area contributed by atoms with Crippen molar-refractivity contribution in [2.45, 2.75) is 117 Å². The van der Waals surface area contributed by atoms with Gasteiger partial charge in [0.25, 0.3) is 0 Å². The molecule has 0 saturated carbocycles. The Morgan fingerprint density at radius 3 is 1.48 bits per heavy atom. The molecule has 158 valence electrons. The zero-order chi connectivity index (χ0) is 19.3. The summed E-state index contributed by atoms with van der Waals surface area (Å²) in [4.78, 5) is 27.0. The summed E-state index contributed by atoms with van der Waals surface area (Å²) in [6, 6.07) is 0. The quantitative estimate of drug-likeness (QED) is 0.193. The Morgan fingerprint density at radius 1 is 0.667 bits per heavy atom. The Balaban J connectivity index is 0. The molecule has 5 nitrogen and oxygen atoms in total. The van der Waals surface area contributed by atoms with Crippen LogP contribution >= 0.6 is 0 Å². The second kappa shape index (κ2) is 24.0. The Labute approximate surface area is 196 Å². The molecule has 27 heavy (non-hydrogen) atoms. The van der Waals surface area contributed by atoms with Crippen molar-refractivity contribution in [3.8, 4) is 0 Å². The van der Waals surface area contributed by atoms with Gasteiger partial charge in [0.2, 0.25) is 0 Å². The van der Waals surface area contributed by atoms with Crippen molar-refractivity contribution in [1.82, 2.24) is 5.48 Å². The molecule has 6 heteroatoms. The monoisotopic (exact) mass is 413 g/mol. The van der Waals surface area contributed by atoms with Gasteiger partial charge in [0.15, 0.2) is 0 Å². The predicted octanol–water partition coefficient (Wildman–Crippen LogP) is 5.54. The van der Waals surface area contributed by atoms with Crippen LogP contribution in [-0.4, -0.2) is 56.4 Å². The van der Waals surface area contributed by atoms with Crippen molar-refractivity contribution in [2.24, 2.45) is 0 Å². The maximum absolute atomic E-state index is 11.4. The SMILES string of the molecule is CCCCCCCCCCCCCCCCCC(=O)ONC(=O)OCC.[CaH2]. The molecule has 0 aliphatic rings. The van der Waals surface area contributed by atoms with Crippen LogP contribution in [-0.2, 0) is 14.4 Å². The first kappa shape index (κ1) is 29.2. The molecular formula is C21H43CaNO4. The minimum atomic E-state index is -0.725. The van der Waals surface area contributed by atoms with E-state index in [-0.39, 0.29) is 44.3 Å². The topological polar surface area (TPSA) is 64.6 Å². The number of unbranched alkanes of at least 4 members (excludes halogenated alkanes) is 14. The molecule has 0 unspecified atom stereocenters. The van der Waals surface area contributed by atoms with Gasteiger partial charge in [0.1, 0.15) is 0 Å². The fourth-order valence-electron chi connectivity index (χ4n) is 2.95. The van der Waals surface area contributed by atoms with Gasteiger partial charge in [-0.2, -0.15) is 0 Å². The standard InChI is InChI=1S/C21H41NO4.Ca.2H/c1-3-5-6-7-8-9-10-11-12-13-14-15-16-17-18-19-20(23)26-22-21(24)25-4-2;;;/h3-19H2,1-2H3,(H,22,24);;;. The van der Waals surface area contributed by atoms with Crippen LogP contribution in [0.25, 0.3) is 0 Å². The van der Waals surface area contributed by atoms with Gasteiger partial charge in [-0.3, -0.25) is 0 Å². The molecule has 0 aliphatic carbocycles. The van der Waals surface area contributed by atoms with Gasteiger partial charge in [0, 0.05) is 6.42 Å². The summed E-state index contributed by atoms with van der Waals surface area (Å²) >= 11 is 0. The first-order valence-corrected chi connectivity index (χ1v) is 10.8. The summed E-state index contributed by atoms with van der Waals surface area (Å²) in [6.45, 7) is 4.21. The normalized spacial score (nSPS) is 10.1. The van der Waals surface area contributed by atoms with Crippen molar-refractivity contribution in [1.29, 1.82) is 0 Å². The van der Waals surface area contributed by atoms with E-state index in [0.29, 0.717) is 6.42 Å². The molecule has 1 N–H and O–H groups in total. The first-order valence-electron chi connectivity index (χ1n) is 10.8. The first-order chi connectivity index (χ1) is 12.7. The number of amides is 1. The number of hydrogen-bond donors (Lipinski definition) is 1. The van der Waals surface area contributed by atoms with Crippen LogP contribution in [0.5, 0.6) is 0 Å². The molecule has 0 aliphatic heterocycles. The van der Waals surface area contributed by atoms with E-state index in [9.17, 15) is 9.59 Å². The van der Waals surface area contributed by atoms with Gasteiger partial charge in [0.05, 0.1) is 6.61 Å². The van der Waals surface area contributed by atoms with Gasteiger partial charge >= 0.3 is 49.8 Å². The van der Waals surface area contributed by atoms with E-state index in [1.54, 1.807) is 6.92 Å². The molecule has 0 aromatic heterocycles. The van der Waals surface area contributed by atoms with Crippen molar-refractivity contribution in [2.75, 3.05) is 6.61 Å². The van der Waals surface area contributed by atoms with Crippen LogP contribution in [0.1, 0.15) is 117 Å². The van der Waals surface area contributed by atoms with Crippen LogP contribution in [0.15, 0.2) is 0 Å². The number of carbonyl (C=O) groups is 2. The number of nitrogens with one attached hydrogen (secondary N) is 1. The molecule has 1 amide bonds. The van der Waals surface area contributed by atoms with E-state index in [1.165, 1.54) is 77.0 Å². The number of carbonyl (C=O) groups excluding carboxylic acids is 2. The second-order valence-electron chi connectivity index (χ2n) is 7.00. The average molecular weight is 414 g/mol. The van der Waals surface area contributed by atoms with E-state index in [2.05, 4.69) is 16.5 Å². The maximum atomic E-state index is 11.4. The molecule has 0 bridgehead atoms. The number of hydrogen-bond acceptors (Lipinski definition) is 4. The van der Waals surface area contributed by atoms with Crippen molar-refractivity contribution in [3.05, 3.63) is 0 Å². The van der Waals surface area contributed by atoms with E-state index >= 15 is 0 Å². The van der Waals surface area contributed by atoms with Crippen LogP contribution in [0.4, 0.5) is 4.79 Å². The van der Waals surface area contributed by atoms with Crippen molar-refractivity contribution < 1.29 is 19.2 Å². The van der Waals surface area contributed by atoms with Crippen LogP contribution in [0.3, 0.4) is 0 Å². The van der Waals surface area contributed by atoms with E-state index < -0.39 is 12.1 Å². The van der Waals surface area contributed by atoms with Crippen LogP contribution in [0.2, 0.25) is 0 Å². The molecule has 0 rings (SSSR count). The zero-order valence-corrected chi connectivity index (χ0v) is 17.2. The second-order valence-corrected chi connectivity index (χ2v) is 7.00. The molecule has 0 aromatic carbocycles. The summed E-state index contributed by atoms with van der Waals surface area (Å²) in [5, 5.41) is 0. The molecule has 0 aromatic rings. The van der Waals surface area contributed by atoms with E-state index in [0.717, 1.165) is 19.3 Å². The fourth-order valence-corrected chi connectivity index (χ4v) is 2.95. The molecule has 0 spiro atoms. The number of rotatable bonds is 17. The van der Waals surface area contributed by atoms with Gasteiger partial charge in [-0.15, -0.1) is 5.48 Å². The van der Waals surface area contributed by atoms with Gasteiger partial charge in [-0.05, 0) is 13.3 Å². The minimum absolute atomic E-state index is 0. The number of hydroxylamine groups is 1. The summed E-state index contributed by atoms with van der Waals surface area (Å²) in [7, 11) is 0. The van der Waals surface area contributed by atoms with Crippen LogP contribution in [0, 0.1) is 0 Å². The molecule has 0 heterocycles. The Bertz CT molecular complexity index is 340.